The molecule has 0 unspecified atom stereocenters. The summed E-state index contributed by atoms with van der Waals surface area (Å²) in [5.41, 5.74) is 9.05. The van der Waals surface area contributed by atoms with E-state index in [-0.39, 0.29) is 18.2 Å². The molecule has 4 rings (SSSR count). The third-order valence-electron chi connectivity index (χ3n) is 5.90. The zero-order chi connectivity index (χ0) is 20.8. The van der Waals surface area contributed by atoms with Crippen molar-refractivity contribution in [1.29, 1.82) is 5.41 Å². The van der Waals surface area contributed by atoms with Crippen LogP contribution in [0.4, 0.5) is 20.2 Å². The average molecular weight is 396 g/mol. The predicted octanol–water partition coefficient (Wildman–Crippen LogP) is 3.62. The first-order valence-electron chi connectivity index (χ1n) is 9.48. The van der Waals surface area contributed by atoms with Crippen LogP contribution in [-0.4, -0.2) is 18.7 Å². The standard InChI is InChI=1S/C22H22F2N4O/c1-28-20-16(22(21(28)29)6-2-7-22)9-14(10-19(20)26)18(25)5-8-27-12-13-3-4-15(23)11-17(13)24/h3-5,8-11,25,27H,2,6-7,12,26H2,1H3/b8-5-,25-18?. The van der Waals surface area contributed by atoms with Gasteiger partial charge < -0.3 is 21.4 Å². The molecular formula is C22H22F2N4O. The molecule has 2 aromatic rings. The van der Waals surface area contributed by atoms with Gasteiger partial charge in [-0.2, -0.15) is 0 Å². The lowest BCUT2D eigenvalue weighted by Gasteiger charge is -2.36. The molecule has 5 nitrogen and oxygen atoms in total. The summed E-state index contributed by atoms with van der Waals surface area (Å²) in [4.78, 5) is 14.4. The number of likely N-dealkylation sites (N-methyl/N-ethyl adjacent to an activating group) is 1. The molecule has 0 atom stereocenters. The number of halogens is 2. The number of carbonyl (C=O) groups excluding carboxylic acids is 1. The number of nitrogens with zero attached hydrogens (tertiary/aromatic N) is 1. The minimum Gasteiger partial charge on any atom is -0.397 e. The van der Waals surface area contributed by atoms with E-state index >= 15 is 0 Å². The van der Waals surface area contributed by atoms with E-state index in [0.29, 0.717) is 16.8 Å². The Balaban J connectivity index is 1.51. The van der Waals surface area contributed by atoms with Crippen molar-refractivity contribution in [3.8, 4) is 0 Å². The van der Waals surface area contributed by atoms with Gasteiger partial charge in [0.1, 0.15) is 11.6 Å². The summed E-state index contributed by atoms with van der Waals surface area (Å²) < 4.78 is 26.6. The fourth-order valence-electron chi connectivity index (χ4n) is 4.18. The Labute approximate surface area is 167 Å². The maximum Gasteiger partial charge on any atom is 0.237 e. The zero-order valence-corrected chi connectivity index (χ0v) is 16.1. The zero-order valence-electron chi connectivity index (χ0n) is 16.1. The highest BCUT2D eigenvalue weighted by Crippen LogP contribution is 2.54. The number of carbonyl (C=O) groups is 1. The van der Waals surface area contributed by atoms with Crippen LogP contribution in [0, 0.1) is 17.0 Å². The number of rotatable bonds is 5. The molecule has 0 saturated heterocycles. The van der Waals surface area contributed by atoms with Crippen LogP contribution >= 0.6 is 0 Å². The Morgan fingerprint density at radius 2 is 2.07 bits per heavy atom. The molecule has 1 aliphatic carbocycles. The van der Waals surface area contributed by atoms with Gasteiger partial charge >= 0.3 is 0 Å². The number of hydrogen-bond donors (Lipinski definition) is 3. The molecule has 7 heteroatoms. The van der Waals surface area contributed by atoms with E-state index < -0.39 is 17.0 Å². The normalized spacial score (nSPS) is 16.9. The van der Waals surface area contributed by atoms with Crippen LogP contribution < -0.4 is 16.0 Å². The molecule has 2 aliphatic rings. The second-order valence-electron chi connectivity index (χ2n) is 7.63. The highest BCUT2D eigenvalue weighted by Gasteiger charge is 2.54. The summed E-state index contributed by atoms with van der Waals surface area (Å²) in [6, 6.07) is 7.01. The van der Waals surface area contributed by atoms with Gasteiger partial charge in [0.2, 0.25) is 5.91 Å². The first-order chi connectivity index (χ1) is 13.8. The lowest BCUT2D eigenvalue weighted by atomic mass is 9.65. The van der Waals surface area contributed by atoms with Crippen LogP contribution in [0.1, 0.15) is 36.0 Å². The van der Waals surface area contributed by atoms with Gasteiger partial charge in [-0.3, -0.25) is 4.79 Å². The minimum atomic E-state index is -0.619. The summed E-state index contributed by atoms with van der Waals surface area (Å²) in [5.74, 6) is -1.16. The Kier molecular flexibility index (Phi) is 4.61. The van der Waals surface area contributed by atoms with Crippen molar-refractivity contribution in [1.82, 2.24) is 5.32 Å². The molecule has 1 amide bonds. The monoisotopic (exact) mass is 396 g/mol. The fourth-order valence-corrected chi connectivity index (χ4v) is 4.18. The van der Waals surface area contributed by atoms with Crippen molar-refractivity contribution >= 4 is 23.0 Å². The number of allylic oxidation sites excluding steroid dienone is 1. The lowest BCUT2D eigenvalue weighted by molar-refractivity contribution is -0.125. The minimum absolute atomic E-state index is 0.0765. The van der Waals surface area contributed by atoms with E-state index in [1.54, 1.807) is 30.3 Å². The van der Waals surface area contributed by atoms with E-state index in [1.165, 1.54) is 12.1 Å². The van der Waals surface area contributed by atoms with Gasteiger partial charge in [-0.15, -0.1) is 0 Å². The molecule has 1 aliphatic heterocycles. The Morgan fingerprint density at radius 1 is 1.31 bits per heavy atom. The summed E-state index contributed by atoms with van der Waals surface area (Å²) in [6.45, 7) is 0.171. The second-order valence-corrected chi connectivity index (χ2v) is 7.63. The van der Waals surface area contributed by atoms with E-state index in [9.17, 15) is 13.6 Å². The Hall–Kier alpha value is -3.22. The van der Waals surface area contributed by atoms with E-state index in [1.807, 2.05) is 6.07 Å². The largest absolute Gasteiger partial charge is 0.397 e. The Bertz CT molecular complexity index is 1040. The van der Waals surface area contributed by atoms with E-state index in [2.05, 4.69) is 5.32 Å². The van der Waals surface area contributed by atoms with Crippen LogP contribution in [0.5, 0.6) is 0 Å². The van der Waals surface area contributed by atoms with Gasteiger partial charge in [0.25, 0.3) is 0 Å². The van der Waals surface area contributed by atoms with Crippen LogP contribution in [0.15, 0.2) is 42.6 Å². The number of nitrogen functional groups attached to an aromatic ring is 1. The number of hydrogen-bond acceptors (Lipinski definition) is 4. The first-order valence-corrected chi connectivity index (χ1v) is 9.48. The van der Waals surface area contributed by atoms with Crippen molar-refractivity contribution in [3.63, 3.8) is 0 Å². The van der Waals surface area contributed by atoms with Crippen LogP contribution in [-0.2, 0) is 16.8 Å². The molecule has 4 N–H and O–H groups in total. The highest BCUT2D eigenvalue weighted by molar-refractivity contribution is 6.14. The van der Waals surface area contributed by atoms with Crippen LogP contribution in [0.2, 0.25) is 0 Å². The lowest BCUT2D eigenvalue weighted by Crippen LogP contribution is -2.43. The van der Waals surface area contributed by atoms with E-state index in [4.69, 9.17) is 11.1 Å². The number of nitrogens with one attached hydrogen (secondary N) is 2. The molecule has 1 saturated carbocycles. The summed E-state index contributed by atoms with van der Waals surface area (Å²) >= 11 is 0. The second kappa shape index (κ2) is 6.99. The van der Waals surface area contributed by atoms with Gasteiger partial charge in [0, 0.05) is 30.8 Å². The summed E-state index contributed by atoms with van der Waals surface area (Å²) in [7, 11) is 1.74. The van der Waals surface area contributed by atoms with Gasteiger partial charge in [-0.05, 0) is 48.9 Å². The van der Waals surface area contributed by atoms with Gasteiger partial charge in [-0.25, -0.2) is 8.78 Å². The molecular weight excluding hydrogens is 374 g/mol. The van der Waals surface area contributed by atoms with Crippen LogP contribution in [0.3, 0.4) is 0 Å². The predicted molar refractivity (Wildman–Crippen MR) is 109 cm³/mol. The Morgan fingerprint density at radius 3 is 2.72 bits per heavy atom. The van der Waals surface area contributed by atoms with Crippen molar-refractivity contribution in [2.45, 2.75) is 31.2 Å². The third-order valence-corrected chi connectivity index (χ3v) is 5.90. The van der Waals surface area contributed by atoms with E-state index in [0.717, 1.165) is 36.6 Å². The molecule has 0 radical (unpaired) electrons. The molecule has 1 spiro atoms. The fraction of sp³-hybridized carbons (Fsp3) is 0.273. The maximum absolute atomic E-state index is 13.7. The van der Waals surface area contributed by atoms with Crippen molar-refractivity contribution in [3.05, 3.63) is 70.9 Å². The molecule has 1 fully saturated rings. The first kappa shape index (κ1) is 19.1. The molecule has 150 valence electrons. The molecule has 29 heavy (non-hydrogen) atoms. The SMILES string of the molecule is CN1C(=O)C2(CCC2)c2cc(C(=N)/C=C\NCc3ccc(F)cc3F)cc(N)c21. The van der Waals surface area contributed by atoms with Crippen molar-refractivity contribution in [2.24, 2.45) is 0 Å². The van der Waals surface area contributed by atoms with Crippen molar-refractivity contribution < 1.29 is 13.6 Å². The number of nitrogens with two attached hydrogens (primary N) is 1. The number of amides is 1. The topological polar surface area (TPSA) is 82.2 Å². The number of benzene rings is 2. The van der Waals surface area contributed by atoms with Crippen molar-refractivity contribution in [2.75, 3.05) is 17.7 Å². The molecule has 1 heterocycles. The highest BCUT2D eigenvalue weighted by atomic mass is 19.1. The summed E-state index contributed by atoms with van der Waals surface area (Å²) in [6.07, 6.45) is 5.71. The maximum atomic E-state index is 13.7. The number of anilines is 2. The molecule has 0 bridgehead atoms. The van der Waals surface area contributed by atoms with Crippen LogP contribution in [0.25, 0.3) is 0 Å². The number of fused-ring (bicyclic) bond motifs is 2. The third kappa shape index (κ3) is 3.06. The molecule has 0 aromatic heterocycles. The van der Waals surface area contributed by atoms with Gasteiger partial charge in [0.15, 0.2) is 0 Å². The smallest absolute Gasteiger partial charge is 0.237 e. The average Bonchev–Trinajstić information content (AvgIpc) is 2.87. The quantitative estimate of drug-likeness (QED) is 0.533. The van der Waals surface area contributed by atoms with Gasteiger partial charge in [0.05, 0.1) is 22.5 Å². The summed E-state index contributed by atoms with van der Waals surface area (Å²) in [5, 5.41) is 11.2. The molecule has 2 aromatic carbocycles. The van der Waals surface area contributed by atoms with Gasteiger partial charge in [-0.1, -0.05) is 12.5 Å².